The summed E-state index contributed by atoms with van der Waals surface area (Å²) >= 11 is 6.03. The fourth-order valence-corrected chi connectivity index (χ4v) is 5.00. The van der Waals surface area contributed by atoms with E-state index in [1.807, 2.05) is 0 Å². The Balaban J connectivity index is 2.19. The summed E-state index contributed by atoms with van der Waals surface area (Å²) in [6.45, 7) is 2.90. The number of piperidine rings is 1. The van der Waals surface area contributed by atoms with Gasteiger partial charge in [-0.3, -0.25) is 4.79 Å². The van der Waals surface area contributed by atoms with Crippen molar-refractivity contribution in [3.63, 3.8) is 0 Å². The summed E-state index contributed by atoms with van der Waals surface area (Å²) in [5.74, 6) is -0.287. The van der Waals surface area contributed by atoms with Crippen LogP contribution in [0.4, 0.5) is 0 Å². The lowest BCUT2D eigenvalue weighted by Gasteiger charge is -2.39. The van der Waals surface area contributed by atoms with E-state index in [-0.39, 0.29) is 29.0 Å². The van der Waals surface area contributed by atoms with Gasteiger partial charge in [0.15, 0.2) is 0 Å². The lowest BCUT2D eigenvalue weighted by molar-refractivity contribution is -0.158. The molecule has 1 fully saturated rings. The molecule has 0 aliphatic carbocycles. The van der Waals surface area contributed by atoms with Gasteiger partial charge in [-0.15, -0.1) is 0 Å². The Morgan fingerprint density at radius 2 is 1.96 bits per heavy atom. The van der Waals surface area contributed by atoms with E-state index >= 15 is 0 Å². The minimum Gasteiger partial charge on any atom is -0.466 e. The Bertz CT molecular complexity index is 685. The molecule has 0 atom stereocenters. The number of hydrogen-bond donors (Lipinski definition) is 1. The van der Waals surface area contributed by atoms with Crippen LogP contribution in [-0.4, -0.2) is 44.9 Å². The molecule has 1 aromatic carbocycles. The Morgan fingerprint density at radius 1 is 1.33 bits per heavy atom. The summed E-state index contributed by atoms with van der Waals surface area (Å²) < 4.78 is 32.1. The van der Waals surface area contributed by atoms with Crippen molar-refractivity contribution in [3.05, 3.63) is 29.3 Å². The largest absolute Gasteiger partial charge is 0.466 e. The molecule has 0 bridgehead atoms. The predicted molar refractivity (Wildman–Crippen MR) is 92.2 cm³/mol. The van der Waals surface area contributed by atoms with E-state index in [2.05, 4.69) is 0 Å². The molecule has 0 saturated carbocycles. The van der Waals surface area contributed by atoms with Crippen LogP contribution in [0.5, 0.6) is 0 Å². The first-order valence-corrected chi connectivity index (χ1v) is 9.81. The average Bonchev–Trinajstić information content (AvgIpc) is 2.56. The number of halogens is 1. The zero-order valence-electron chi connectivity index (χ0n) is 13.7. The molecular weight excluding hydrogens is 352 g/mol. The summed E-state index contributed by atoms with van der Waals surface area (Å²) in [4.78, 5) is 12.4. The molecule has 1 saturated heterocycles. The van der Waals surface area contributed by atoms with Gasteiger partial charge in [-0.2, -0.15) is 4.31 Å². The Labute approximate surface area is 148 Å². The van der Waals surface area contributed by atoms with Crippen molar-refractivity contribution in [2.75, 3.05) is 26.2 Å². The molecule has 2 N–H and O–H groups in total. The molecule has 1 heterocycles. The Morgan fingerprint density at radius 3 is 2.50 bits per heavy atom. The highest BCUT2D eigenvalue weighted by Crippen LogP contribution is 2.38. The molecule has 0 unspecified atom stereocenters. The van der Waals surface area contributed by atoms with Gasteiger partial charge in [0.2, 0.25) is 10.0 Å². The van der Waals surface area contributed by atoms with Crippen LogP contribution in [0.15, 0.2) is 29.2 Å². The number of carbonyl (C=O) groups is 1. The third-order valence-electron chi connectivity index (χ3n) is 4.47. The number of sulfonamides is 1. The van der Waals surface area contributed by atoms with Gasteiger partial charge in [0.1, 0.15) is 4.90 Å². The van der Waals surface area contributed by atoms with Gasteiger partial charge in [-0.05, 0) is 44.9 Å². The normalized spacial score (nSPS) is 18.3. The van der Waals surface area contributed by atoms with Crippen LogP contribution in [-0.2, 0) is 19.6 Å². The third-order valence-corrected chi connectivity index (χ3v) is 6.86. The second kappa shape index (κ2) is 7.82. The van der Waals surface area contributed by atoms with Gasteiger partial charge < -0.3 is 10.5 Å². The Kier molecular flexibility index (Phi) is 6.25. The number of carbonyl (C=O) groups excluding carboxylic acids is 1. The van der Waals surface area contributed by atoms with Gasteiger partial charge >= 0.3 is 5.97 Å². The lowest BCUT2D eigenvalue weighted by Crippen LogP contribution is -2.47. The average molecular weight is 375 g/mol. The molecule has 1 aromatic rings. The molecule has 0 spiro atoms. The minimum absolute atomic E-state index is 0.0918. The van der Waals surface area contributed by atoms with Crippen molar-refractivity contribution < 1.29 is 17.9 Å². The standard InChI is InChI=1S/C16H23ClN2O4S/c1-2-23-15(20)16(7-10-18)8-11-19(12-9-16)24(21,22)14-6-4-3-5-13(14)17/h3-6H,2,7-12,18H2,1H3. The molecule has 0 amide bonds. The van der Waals surface area contributed by atoms with Crippen LogP contribution < -0.4 is 5.73 Å². The molecule has 0 radical (unpaired) electrons. The first-order chi connectivity index (χ1) is 11.4. The quantitative estimate of drug-likeness (QED) is 0.769. The van der Waals surface area contributed by atoms with E-state index in [0.29, 0.717) is 32.4 Å². The highest BCUT2D eigenvalue weighted by atomic mass is 35.5. The number of hydrogen-bond acceptors (Lipinski definition) is 5. The minimum atomic E-state index is -3.68. The van der Waals surface area contributed by atoms with Crippen LogP contribution in [0, 0.1) is 5.41 Å². The Hall–Kier alpha value is -1.15. The van der Waals surface area contributed by atoms with Crippen molar-refractivity contribution in [2.45, 2.75) is 31.1 Å². The molecule has 1 aliphatic heterocycles. The van der Waals surface area contributed by atoms with E-state index in [9.17, 15) is 13.2 Å². The van der Waals surface area contributed by atoms with Crippen molar-refractivity contribution in [3.8, 4) is 0 Å². The molecule has 1 aliphatic rings. The molecule has 24 heavy (non-hydrogen) atoms. The second-order valence-electron chi connectivity index (χ2n) is 5.87. The van der Waals surface area contributed by atoms with Crippen molar-refractivity contribution in [1.29, 1.82) is 0 Å². The first-order valence-electron chi connectivity index (χ1n) is 7.99. The second-order valence-corrected chi connectivity index (χ2v) is 8.19. The summed E-state index contributed by atoms with van der Waals surface area (Å²) in [7, 11) is -3.68. The summed E-state index contributed by atoms with van der Waals surface area (Å²) in [6, 6.07) is 6.37. The lowest BCUT2D eigenvalue weighted by atomic mass is 9.76. The molecular formula is C16H23ClN2O4S. The maximum absolute atomic E-state index is 12.8. The van der Waals surface area contributed by atoms with E-state index in [1.165, 1.54) is 10.4 Å². The summed E-state index contributed by atoms with van der Waals surface area (Å²) in [5.41, 5.74) is 4.96. The van der Waals surface area contributed by atoms with Gasteiger partial charge in [0.25, 0.3) is 0 Å². The van der Waals surface area contributed by atoms with Crippen LogP contribution in [0.3, 0.4) is 0 Å². The fraction of sp³-hybridized carbons (Fsp3) is 0.562. The number of ether oxygens (including phenoxy) is 1. The number of benzene rings is 1. The predicted octanol–water partition coefficient (Wildman–Crippen LogP) is 2.02. The maximum atomic E-state index is 12.8. The highest BCUT2D eigenvalue weighted by molar-refractivity contribution is 7.89. The zero-order valence-corrected chi connectivity index (χ0v) is 15.3. The highest BCUT2D eigenvalue weighted by Gasteiger charge is 2.44. The monoisotopic (exact) mass is 374 g/mol. The van der Waals surface area contributed by atoms with Gasteiger partial charge in [-0.1, -0.05) is 23.7 Å². The fourth-order valence-electron chi connectivity index (χ4n) is 3.06. The molecule has 6 nitrogen and oxygen atoms in total. The molecule has 2 rings (SSSR count). The number of nitrogens with zero attached hydrogens (tertiary/aromatic N) is 1. The van der Waals surface area contributed by atoms with Crippen molar-refractivity contribution in [2.24, 2.45) is 11.1 Å². The zero-order chi connectivity index (χ0) is 17.8. The van der Waals surface area contributed by atoms with Gasteiger partial charge in [0.05, 0.1) is 17.0 Å². The van der Waals surface area contributed by atoms with Crippen molar-refractivity contribution >= 4 is 27.6 Å². The number of nitrogens with two attached hydrogens (primary N) is 1. The molecule has 134 valence electrons. The maximum Gasteiger partial charge on any atom is 0.312 e. The molecule has 0 aromatic heterocycles. The third kappa shape index (κ3) is 3.74. The SMILES string of the molecule is CCOC(=O)C1(CCN)CCN(S(=O)(=O)c2ccccc2Cl)CC1. The van der Waals surface area contributed by atoms with E-state index in [0.717, 1.165) is 0 Å². The van der Waals surface area contributed by atoms with E-state index in [4.69, 9.17) is 22.1 Å². The number of esters is 1. The van der Waals surface area contributed by atoms with E-state index < -0.39 is 15.4 Å². The smallest absolute Gasteiger partial charge is 0.312 e. The summed E-state index contributed by atoms with van der Waals surface area (Å²) in [5, 5.41) is 0.196. The summed E-state index contributed by atoms with van der Waals surface area (Å²) in [6.07, 6.45) is 1.28. The first kappa shape index (κ1) is 19.2. The number of rotatable bonds is 6. The topological polar surface area (TPSA) is 89.7 Å². The van der Waals surface area contributed by atoms with Crippen molar-refractivity contribution in [1.82, 2.24) is 4.31 Å². The van der Waals surface area contributed by atoms with Crippen LogP contribution in [0.2, 0.25) is 5.02 Å². The van der Waals surface area contributed by atoms with Gasteiger partial charge in [-0.25, -0.2) is 8.42 Å². The molecule has 8 heteroatoms. The van der Waals surface area contributed by atoms with Crippen LogP contribution in [0.25, 0.3) is 0 Å². The van der Waals surface area contributed by atoms with Crippen LogP contribution in [0.1, 0.15) is 26.2 Å². The van der Waals surface area contributed by atoms with Crippen LogP contribution >= 0.6 is 11.6 Å². The van der Waals surface area contributed by atoms with E-state index in [1.54, 1.807) is 25.1 Å². The van der Waals surface area contributed by atoms with Gasteiger partial charge in [0, 0.05) is 13.1 Å².